The lowest BCUT2D eigenvalue weighted by molar-refractivity contribution is 0.0939. The van der Waals surface area contributed by atoms with Crippen molar-refractivity contribution in [3.63, 3.8) is 0 Å². The number of nitrogens with zero attached hydrogens (tertiary/aromatic N) is 1. The first-order valence-electron chi connectivity index (χ1n) is 10.9. The van der Waals surface area contributed by atoms with Crippen molar-refractivity contribution in [3.05, 3.63) is 53.6 Å². The average Bonchev–Trinajstić information content (AvgIpc) is 3.28. The van der Waals surface area contributed by atoms with Gasteiger partial charge >= 0.3 is 6.03 Å². The third kappa shape index (κ3) is 5.32. The van der Waals surface area contributed by atoms with Crippen LogP contribution in [0.1, 0.15) is 56.0 Å². The Bertz CT molecular complexity index is 891. The molecule has 1 saturated heterocycles. The summed E-state index contributed by atoms with van der Waals surface area (Å²) in [5.74, 6) is -0.105. The van der Waals surface area contributed by atoms with E-state index in [1.54, 1.807) is 6.07 Å². The van der Waals surface area contributed by atoms with E-state index in [-0.39, 0.29) is 18.0 Å². The SMILES string of the molecule is CCc1ccccc1NC(=O)Nc1ccc(N2CCCC2)c(C(=O)N[C@@H](C)CC)c1. The fourth-order valence-electron chi connectivity index (χ4n) is 3.67. The summed E-state index contributed by atoms with van der Waals surface area (Å²) in [5, 5.41) is 8.83. The minimum absolute atomic E-state index is 0.0920. The first-order chi connectivity index (χ1) is 14.5. The second-order valence-electron chi connectivity index (χ2n) is 7.80. The van der Waals surface area contributed by atoms with Gasteiger partial charge in [-0.05, 0) is 62.4 Å². The molecule has 3 N–H and O–H groups in total. The van der Waals surface area contributed by atoms with Gasteiger partial charge in [-0.3, -0.25) is 4.79 Å². The van der Waals surface area contributed by atoms with E-state index in [9.17, 15) is 9.59 Å². The van der Waals surface area contributed by atoms with Gasteiger partial charge in [0.1, 0.15) is 0 Å². The molecule has 0 unspecified atom stereocenters. The molecule has 0 aromatic heterocycles. The highest BCUT2D eigenvalue weighted by Crippen LogP contribution is 2.28. The van der Waals surface area contributed by atoms with Crippen LogP contribution in [0.3, 0.4) is 0 Å². The van der Waals surface area contributed by atoms with Crippen LogP contribution in [0.2, 0.25) is 0 Å². The van der Waals surface area contributed by atoms with Gasteiger partial charge in [0.2, 0.25) is 0 Å². The van der Waals surface area contributed by atoms with Crippen molar-refractivity contribution in [2.75, 3.05) is 28.6 Å². The van der Waals surface area contributed by atoms with Crippen LogP contribution >= 0.6 is 0 Å². The summed E-state index contributed by atoms with van der Waals surface area (Å²) in [6.45, 7) is 7.99. The molecule has 160 valence electrons. The van der Waals surface area contributed by atoms with Crippen molar-refractivity contribution in [1.29, 1.82) is 0 Å². The minimum Gasteiger partial charge on any atom is -0.371 e. The summed E-state index contributed by atoms with van der Waals surface area (Å²) < 4.78 is 0. The fraction of sp³-hybridized carbons (Fsp3) is 0.417. The predicted molar refractivity (Wildman–Crippen MR) is 124 cm³/mol. The normalized spacial score (nSPS) is 14.3. The van der Waals surface area contributed by atoms with Gasteiger partial charge in [0, 0.05) is 36.2 Å². The monoisotopic (exact) mass is 408 g/mol. The summed E-state index contributed by atoms with van der Waals surface area (Å²) in [4.78, 5) is 27.7. The highest BCUT2D eigenvalue weighted by atomic mass is 16.2. The molecule has 1 heterocycles. The van der Waals surface area contributed by atoms with E-state index in [0.29, 0.717) is 11.3 Å². The highest BCUT2D eigenvalue weighted by molar-refractivity contribution is 6.04. The summed E-state index contributed by atoms with van der Waals surface area (Å²) in [6, 6.07) is 13.1. The number of amides is 3. The van der Waals surface area contributed by atoms with Crippen molar-refractivity contribution >= 4 is 29.0 Å². The van der Waals surface area contributed by atoms with Gasteiger partial charge < -0.3 is 20.9 Å². The molecule has 6 heteroatoms. The zero-order valence-electron chi connectivity index (χ0n) is 18.1. The van der Waals surface area contributed by atoms with E-state index in [0.717, 1.165) is 55.7 Å². The van der Waals surface area contributed by atoms with Crippen LogP contribution in [0.5, 0.6) is 0 Å². The van der Waals surface area contributed by atoms with Crippen molar-refractivity contribution in [2.45, 2.75) is 52.5 Å². The topological polar surface area (TPSA) is 73.5 Å². The van der Waals surface area contributed by atoms with Gasteiger partial charge in [-0.1, -0.05) is 32.0 Å². The molecule has 2 aromatic rings. The Balaban J connectivity index is 1.80. The number of urea groups is 1. The molecule has 1 aliphatic heterocycles. The summed E-state index contributed by atoms with van der Waals surface area (Å²) in [6.07, 6.45) is 3.96. The Labute approximate surface area is 179 Å². The smallest absolute Gasteiger partial charge is 0.323 e. The molecule has 2 aromatic carbocycles. The van der Waals surface area contributed by atoms with Crippen molar-refractivity contribution < 1.29 is 9.59 Å². The second-order valence-corrected chi connectivity index (χ2v) is 7.80. The molecule has 1 aliphatic rings. The van der Waals surface area contributed by atoms with E-state index in [2.05, 4.69) is 27.8 Å². The van der Waals surface area contributed by atoms with E-state index < -0.39 is 0 Å². The first kappa shape index (κ1) is 21.7. The lowest BCUT2D eigenvalue weighted by Gasteiger charge is -2.23. The molecule has 30 heavy (non-hydrogen) atoms. The number of aryl methyl sites for hydroxylation is 1. The molecular weight excluding hydrogens is 376 g/mol. The number of benzene rings is 2. The Morgan fingerprint density at radius 2 is 1.77 bits per heavy atom. The third-order valence-electron chi connectivity index (χ3n) is 5.58. The van der Waals surface area contributed by atoms with Crippen molar-refractivity contribution in [2.24, 2.45) is 0 Å². The van der Waals surface area contributed by atoms with Crippen LogP contribution in [0.4, 0.5) is 21.9 Å². The Kier molecular flexibility index (Phi) is 7.33. The van der Waals surface area contributed by atoms with E-state index in [1.165, 1.54) is 0 Å². The maximum atomic E-state index is 12.9. The Hall–Kier alpha value is -3.02. The zero-order valence-corrected chi connectivity index (χ0v) is 18.1. The van der Waals surface area contributed by atoms with Gasteiger partial charge in [0.15, 0.2) is 0 Å². The average molecular weight is 409 g/mol. The molecule has 0 aliphatic carbocycles. The number of nitrogens with one attached hydrogen (secondary N) is 3. The molecule has 6 nitrogen and oxygen atoms in total. The van der Waals surface area contributed by atoms with Gasteiger partial charge in [-0.2, -0.15) is 0 Å². The third-order valence-corrected chi connectivity index (χ3v) is 5.58. The number of hydrogen-bond acceptors (Lipinski definition) is 3. The van der Waals surface area contributed by atoms with Crippen LogP contribution in [0, 0.1) is 0 Å². The van der Waals surface area contributed by atoms with Gasteiger partial charge in [-0.15, -0.1) is 0 Å². The van der Waals surface area contributed by atoms with Crippen molar-refractivity contribution in [3.8, 4) is 0 Å². The highest BCUT2D eigenvalue weighted by Gasteiger charge is 2.21. The molecule has 1 atom stereocenters. The number of hydrogen-bond donors (Lipinski definition) is 3. The number of carbonyl (C=O) groups excluding carboxylic acids is 2. The second kappa shape index (κ2) is 10.1. The first-order valence-corrected chi connectivity index (χ1v) is 10.9. The molecular formula is C24H32N4O2. The van der Waals surface area contributed by atoms with E-state index in [4.69, 9.17) is 0 Å². The van der Waals surface area contributed by atoms with Crippen LogP contribution < -0.4 is 20.9 Å². The predicted octanol–water partition coefficient (Wildman–Crippen LogP) is 5.02. The van der Waals surface area contributed by atoms with Crippen LogP contribution in [-0.4, -0.2) is 31.1 Å². The lowest BCUT2D eigenvalue weighted by atomic mass is 10.1. The number of anilines is 3. The van der Waals surface area contributed by atoms with Gasteiger partial charge in [0.25, 0.3) is 5.91 Å². The molecule has 1 fully saturated rings. The molecule has 0 saturated carbocycles. The van der Waals surface area contributed by atoms with Crippen molar-refractivity contribution in [1.82, 2.24) is 5.32 Å². The van der Waals surface area contributed by atoms with Gasteiger partial charge in [-0.25, -0.2) is 4.79 Å². The van der Waals surface area contributed by atoms with E-state index in [1.807, 2.05) is 50.2 Å². The Morgan fingerprint density at radius 3 is 2.47 bits per heavy atom. The maximum absolute atomic E-state index is 12.9. The summed E-state index contributed by atoms with van der Waals surface area (Å²) in [7, 11) is 0. The molecule has 0 radical (unpaired) electrons. The minimum atomic E-state index is -0.321. The van der Waals surface area contributed by atoms with E-state index >= 15 is 0 Å². The molecule has 3 rings (SSSR count). The largest absolute Gasteiger partial charge is 0.371 e. The van der Waals surface area contributed by atoms with Crippen LogP contribution in [-0.2, 0) is 6.42 Å². The summed E-state index contributed by atoms with van der Waals surface area (Å²) >= 11 is 0. The van der Waals surface area contributed by atoms with Gasteiger partial charge in [0.05, 0.1) is 5.56 Å². The number of rotatable bonds is 7. The lowest BCUT2D eigenvalue weighted by Crippen LogP contribution is -2.33. The van der Waals surface area contributed by atoms with Crippen LogP contribution in [0.15, 0.2) is 42.5 Å². The summed E-state index contributed by atoms with van der Waals surface area (Å²) in [5.41, 5.74) is 3.99. The maximum Gasteiger partial charge on any atom is 0.323 e. The standard InChI is InChI=1S/C24H32N4O2/c1-4-17(3)25-23(29)20-16-19(12-13-22(20)28-14-8-9-15-28)26-24(30)27-21-11-7-6-10-18(21)5-2/h6-7,10-13,16-17H,4-5,8-9,14-15H2,1-3H3,(H,25,29)(H2,26,27,30)/t17-/m0/s1. The fourth-order valence-corrected chi connectivity index (χ4v) is 3.67. The molecule has 0 bridgehead atoms. The molecule has 3 amide bonds. The van der Waals surface area contributed by atoms with Crippen LogP contribution in [0.25, 0.3) is 0 Å². The number of carbonyl (C=O) groups is 2. The zero-order chi connectivity index (χ0) is 21.5. The molecule has 0 spiro atoms. The number of para-hydroxylation sites is 1. The Morgan fingerprint density at radius 1 is 1.03 bits per heavy atom. The quantitative estimate of drug-likeness (QED) is 0.602.